The van der Waals surface area contributed by atoms with Crippen LogP contribution in [0.25, 0.3) is 10.9 Å². The number of alkyl halides is 1. The van der Waals surface area contributed by atoms with E-state index in [9.17, 15) is 9.50 Å². The molecule has 3 aromatic rings. The van der Waals surface area contributed by atoms with E-state index in [0.29, 0.717) is 52.7 Å². The number of aromatic nitrogens is 2. The second-order valence-electron chi connectivity index (χ2n) is 7.14. The van der Waals surface area contributed by atoms with Crippen LogP contribution in [0.5, 0.6) is 11.5 Å². The average molecular weight is 572 g/mol. The molecule has 10 heteroatoms. The average Bonchev–Trinajstić information content (AvgIpc) is 2.77. The summed E-state index contributed by atoms with van der Waals surface area (Å²) in [6.07, 6.45) is 2.32. The molecule has 0 fully saturated rings. The van der Waals surface area contributed by atoms with Crippen molar-refractivity contribution in [2.45, 2.75) is 13.0 Å². The Labute approximate surface area is 203 Å². The maximum atomic E-state index is 14.3. The number of likely N-dealkylation sites (N-methyl/N-ethyl adjacent to an activating group) is 1. The first kappa shape index (κ1) is 24.6. The fourth-order valence-corrected chi connectivity index (χ4v) is 3.75. The number of methoxy groups -OCH3 is 1. The lowest BCUT2D eigenvalue weighted by molar-refractivity contribution is 0.217. The predicted molar refractivity (Wildman–Crippen MR) is 131 cm³/mol. The zero-order valence-electron chi connectivity index (χ0n) is 17.9. The van der Waals surface area contributed by atoms with Crippen LogP contribution in [0.15, 0.2) is 35.1 Å². The summed E-state index contributed by atoms with van der Waals surface area (Å²) in [7, 11) is 3.45. The van der Waals surface area contributed by atoms with Crippen molar-refractivity contribution in [1.29, 1.82) is 0 Å². The van der Waals surface area contributed by atoms with Gasteiger partial charge in [-0.3, -0.25) is 4.90 Å². The molecule has 0 bridgehead atoms. The van der Waals surface area contributed by atoms with Crippen molar-refractivity contribution >= 4 is 54.3 Å². The van der Waals surface area contributed by atoms with Gasteiger partial charge >= 0.3 is 0 Å². The number of hydrogen-bond donors (Lipinski definition) is 2. The minimum absolute atomic E-state index is 0.0223. The summed E-state index contributed by atoms with van der Waals surface area (Å²) >= 11 is 6.67. The maximum absolute atomic E-state index is 14.3. The number of nitrogens with one attached hydrogen (secondary N) is 1. The zero-order valence-corrected chi connectivity index (χ0v) is 21.0. The molecule has 0 aliphatic heterocycles. The molecule has 0 atom stereocenters. The number of aliphatic hydroxyl groups is 1. The molecule has 2 N–H and O–H groups in total. The Morgan fingerprint density at radius 1 is 1.19 bits per heavy atom. The van der Waals surface area contributed by atoms with Crippen molar-refractivity contribution in [3.05, 3.63) is 46.4 Å². The highest BCUT2D eigenvalue weighted by atomic mass is 79.9. The third kappa shape index (κ3) is 6.06. The molecule has 1 aromatic heterocycles. The molecule has 1 heterocycles. The summed E-state index contributed by atoms with van der Waals surface area (Å²) in [5, 5.41) is 14.1. The molecule has 3 rings (SSSR count). The summed E-state index contributed by atoms with van der Waals surface area (Å²) in [5.41, 5.74) is 2.11. The van der Waals surface area contributed by atoms with Gasteiger partial charge in [0.15, 0.2) is 11.5 Å². The van der Waals surface area contributed by atoms with Crippen LogP contribution in [0.4, 0.5) is 15.9 Å². The highest BCUT2D eigenvalue weighted by molar-refractivity contribution is 9.10. The first-order valence-corrected chi connectivity index (χ1v) is 11.9. The lowest BCUT2D eigenvalue weighted by Gasteiger charge is -2.19. The quantitative estimate of drug-likeness (QED) is 0.251. The van der Waals surface area contributed by atoms with E-state index < -0.39 is 0 Å². The van der Waals surface area contributed by atoms with Crippen LogP contribution in [0, 0.1) is 5.82 Å². The van der Waals surface area contributed by atoms with Gasteiger partial charge in [0.05, 0.1) is 30.3 Å². The maximum Gasteiger partial charge on any atom is 0.162 e. The van der Waals surface area contributed by atoms with Gasteiger partial charge in [-0.05, 0) is 53.2 Å². The van der Waals surface area contributed by atoms with Gasteiger partial charge in [-0.15, -0.1) is 0 Å². The Kier molecular flexibility index (Phi) is 9.03. The smallest absolute Gasteiger partial charge is 0.162 e. The molecule has 7 nitrogen and oxygen atoms in total. The molecule has 32 heavy (non-hydrogen) atoms. The number of benzene rings is 2. The third-order valence-corrected chi connectivity index (χ3v) is 5.95. The topological polar surface area (TPSA) is 79.7 Å². The van der Waals surface area contributed by atoms with Gasteiger partial charge in [0.1, 0.15) is 18.0 Å². The second kappa shape index (κ2) is 11.7. The van der Waals surface area contributed by atoms with Crippen LogP contribution in [-0.4, -0.2) is 59.2 Å². The van der Waals surface area contributed by atoms with E-state index in [1.807, 2.05) is 24.1 Å². The van der Waals surface area contributed by atoms with Gasteiger partial charge in [-0.2, -0.15) is 0 Å². The number of fused-ring (bicyclic) bond motifs is 1. The molecule has 0 aliphatic rings. The van der Waals surface area contributed by atoms with Crippen molar-refractivity contribution < 1.29 is 19.0 Å². The Balaban J connectivity index is 2.01. The molecule has 0 amide bonds. The van der Waals surface area contributed by atoms with Crippen molar-refractivity contribution in [2.24, 2.45) is 0 Å². The second-order valence-corrected chi connectivity index (χ2v) is 8.79. The van der Waals surface area contributed by atoms with Crippen molar-refractivity contribution in [1.82, 2.24) is 14.9 Å². The molecular weight excluding hydrogens is 547 g/mol. The number of hydrogen-bond acceptors (Lipinski definition) is 7. The van der Waals surface area contributed by atoms with Crippen LogP contribution >= 0.6 is 31.9 Å². The first-order chi connectivity index (χ1) is 15.5. The summed E-state index contributed by atoms with van der Waals surface area (Å²) in [4.78, 5) is 10.7. The highest BCUT2D eigenvalue weighted by Crippen LogP contribution is 2.36. The molecule has 0 aliphatic carbocycles. The number of ether oxygens (including phenoxy) is 2. The van der Waals surface area contributed by atoms with Gasteiger partial charge < -0.3 is 19.9 Å². The van der Waals surface area contributed by atoms with Gasteiger partial charge in [0, 0.05) is 35.6 Å². The fraction of sp³-hybridized carbons (Fsp3) is 0.364. The summed E-state index contributed by atoms with van der Waals surface area (Å²) < 4.78 is 26.0. The van der Waals surface area contributed by atoms with E-state index in [1.54, 1.807) is 13.2 Å². The molecular formula is C22H25Br2FN4O3. The molecule has 0 radical (unpaired) electrons. The van der Waals surface area contributed by atoms with Crippen molar-refractivity contribution in [3.8, 4) is 11.5 Å². The van der Waals surface area contributed by atoms with Gasteiger partial charge in [-0.25, -0.2) is 14.4 Å². The van der Waals surface area contributed by atoms with Crippen molar-refractivity contribution in [3.63, 3.8) is 0 Å². The van der Waals surface area contributed by atoms with Crippen LogP contribution in [0.3, 0.4) is 0 Å². The van der Waals surface area contributed by atoms with Crippen molar-refractivity contribution in [2.75, 3.05) is 44.6 Å². The van der Waals surface area contributed by atoms with E-state index in [-0.39, 0.29) is 12.4 Å². The fourth-order valence-electron chi connectivity index (χ4n) is 3.18. The normalized spacial score (nSPS) is 11.2. The number of anilines is 2. The minimum atomic E-state index is -0.359. The first-order valence-electron chi connectivity index (χ1n) is 10.0. The number of nitrogens with zero attached hydrogens (tertiary/aromatic N) is 3. The molecule has 0 saturated carbocycles. The Hall–Kier alpha value is -2.01. The molecule has 0 saturated heterocycles. The highest BCUT2D eigenvalue weighted by Gasteiger charge is 2.15. The van der Waals surface area contributed by atoms with E-state index in [1.165, 1.54) is 12.4 Å². The van der Waals surface area contributed by atoms with Gasteiger partial charge in [0.25, 0.3) is 0 Å². The van der Waals surface area contributed by atoms with E-state index in [0.717, 1.165) is 22.7 Å². The summed E-state index contributed by atoms with van der Waals surface area (Å²) in [5.74, 6) is 1.39. The zero-order chi connectivity index (χ0) is 23.1. The molecule has 2 aromatic carbocycles. The van der Waals surface area contributed by atoms with Crippen LogP contribution in [-0.2, 0) is 6.54 Å². The largest absolute Gasteiger partial charge is 0.493 e. The monoisotopic (exact) mass is 570 g/mol. The van der Waals surface area contributed by atoms with Crippen LogP contribution in [0.2, 0.25) is 0 Å². The standard InChI is InChI=1S/C22H25Br2FN4O3/c1-29(5-6-30)12-14-8-17(25)16(24)10-18(14)28-22-15-9-21(32-7-3-4-23)20(31-2)11-19(15)26-13-27-22/h8-11,13,30H,3-7,12H2,1-2H3,(H,26,27,28). The molecule has 172 valence electrons. The number of rotatable bonds is 11. The third-order valence-electron chi connectivity index (χ3n) is 4.78. The summed E-state index contributed by atoms with van der Waals surface area (Å²) in [6.45, 7) is 1.48. The number of aliphatic hydroxyl groups excluding tert-OH is 1. The molecule has 0 unspecified atom stereocenters. The predicted octanol–water partition coefficient (Wildman–Crippen LogP) is 4.87. The van der Waals surface area contributed by atoms with Gasteiger partial charge in [0.2, 0.25) is 0 Å². The van der Waals surface area contributed by atoms with Gasteiger partial charge in [-0.1, -0.05) is 15.9 Å². The minimum Gasteiger partial charge on any atom is -0.493 e. The number of halogens is 3. The Morgan fingerprint density at radius 2 is 2.00 bits per heavy atom. The van der Waals surface area contributed by atoms with E-state index in [2.05, 4.69) is 47.1 Å². The Morgan fingerprint density at radius 3 is 2.72 bits per heavy atom. The van der Waals surface area contributed by atoms with Crippen LogP contribution in [0.1, 0.15) is 12.0 Å². The lowest BCUT2D eigenvalue weighted by Crippen LogP contribution is -2.22. The van der Waals surface area contributed by atoms with E-state index in [4.69, 9.17) is 9.47 Å². The lowest BCUT2D eigenvalue weighted by atomic mass is 10.1. The Bertz CT molecular complexity index is 1070. The molecule has 0 spiro atoms. The SMILES string of the molecule is COc1cc2ncnc(Nc3cc(Br)c(F)cc3CN(C)CCO)c2cc1OCCCBr. The van der Waals surface area contributed by atoms with E-state index >= 15 is 0 Å². The van der Waals surface area contributed by atoms with Crippen LogP contribution < -0.4 is 14.8 Å². The summed E-state index contributed by atoms with van der Waals surface area (Å²) in [6, 6.07) is 6.81.